The van der Waals surface area contributed by atoms with Gasteiger partial charge in [-0.3, -0.25) is 9.59 Å². The van der Waals surface area contributed by atoms with E-state index in [0.29, 0.717) is 12.8 Å². The molecule has 0 saturated heterocycles. The fourth-order valence-electron chi connectivity index (χ4n) is 1.66. The second-order valence-electron chi connectivity index (χ2n) is 3.25. The topological polar surface area (TPSA) is 74.6 Å². The average molecular weight is 200 g/mol. The Balaban J connectivity index is 5.21. The SMILES string of the molecule is C=CC(CC)(CC)C(C(=O)O)C(=O)O. The van der Waals surface area contributed by atoms with Crippen molar-refractivity contribution in [2.75, 3.05) is 0 Å². The summed E-state index contributed by atoms with van der Waals surface area (Å²) in [7, 11) is 0. The summed E-state index contributed by atoms with van der Waals surface area (Å²) in [6, 6.07) is 0. The van der Waals surface area contributed by atoms with Crippen molar-refractivity contribution < 1.29 is 19.8 Å². The van der Waals surface area contributed by atoms with Gasteiger partial charge in [0.15, 0.2) is 5.92 Å². The maximum atomic E-state index is 10.8. The highest BCUT2D eigenvalue weighted by molar-refractivity contribution is 5.94. The summed E-state index contributed by atoms with van der Waals surface area (Å²) in [5, 5.41) is 17.7. The van der Waals surface area contributed by atoms with E-state index in [1.807, 2.05) is 0 Å². The van der Waals surface area contributed by atoms with Gasteiger partial charge in [-0.25, -0.2) is 0 Å². The van der Waals surface area contributed by atoms with Crippen molar-refractivity contribution in [2.45, 2.75) is 26.7 Å². The molecule has 0 aliphatic rings. The van der Waals surface area contributed by atoms with Gasteiger partial charge in [0.2, 0.25) is 0 Å². The van der Waals surface area contributed by atoms with Crippen LogP contribution >= 0.6 is 0 Å². The molecule has 0 aromatic carbocycles. The van der Waals surface area contributed by atoms with Gasteiger partial charge in [-0.05, 0) is 12.8 Å². The van der Waals surface area contributed by atoms with Crippen LogP contribution in [0.5, 0.6) is 0 Å². The molecule has 0 radical (unpaired) electrons. The fraction of sp³-hybridized carbons (Fsp3) is 0.600. The molecule has 0 aliphatic heterocycles. The lowest BCUT2D eigenvalue weighted by Crippen LogP contribution is -2.39. The van der Waals surface area contributed by atoms with E-state index in [9.17, 15) is 9.59 Å². The van der Waals surface area contributed by atoms with Gasteiger partial charge in [0, 0.05) is 5.41 Å². The van der Waals surface area contributed by atoms with Crippen LogP contribution in [0, 0.1) is 11.3 Å². The fourth-order valence-corrected chi connectivity index (χ4v) is 1.66. The van der Waals surface area contributed by atoms with E-state index in [4.69, 9.17) is 10.2 Å². The first kappa shape index (κ1) is 12.7. The van der Waals surface area contributed by atoms with Crippen LogP contribution in [0.2, 0.25) is 0 Å². The van der Waals surface area contributed by atoms with Gasteiger partial charge in [0.1, 0.15) is 0 Å². The predicted octanol–water partition coefficient (Wildman–Crippen LogP) is 1.76. The summed E-state index contributed by atoms with van der Waals surface area (Å²) < 4.78 is 0. The summed E-state index contributed by atoms with van der Waals surface area (Å²) in [6.45, 7) is 7.07. The highest BCUT2D eigenvalue weighted by Crippen LogP contribution is 2.37. The zero-order valence-corrected chi connectivity index (χ0v) is 8.49. The van der Waals surface area contributed by atoms with Crippen LogP contribution in [0.4, 0.5) is 0 Å². The molecule has 0 heterocycles. The Morgan fingerprint density at radius 1 is 1.29 bits per heavy atom. The minimum absolute atomic E-state index is 0.455. The first-order valence-electron chi connectivity index (χ1n) is 4.54. The number of hydrogen-bond acceptors (Lipinski definition) is 2. The van der Waals surface area contributed by atoms with E-state index in [2.05, 4.69) is 6.58 Å². The van der Waals surface area contributed by atoms with E-state index in [1.165, 1.54) is 6.08 Å². The molecule has 14 heavy (non-hydrogen) atoms. The van der Waals surface area contributed by atoms with Crippen LogP contribution in [-0.4, -0.2) is 22.2 Å². The quantitative estimate of drug-likeness (QED) is 0.506. The summed E-state index contributed by atoms with van der Waals surface area (Å²) >= 11 is 0. The highest BCUT2D eigenvalue weighted by atomic mass is 16.4. The summed E-state index contributed by atoms with van der Waals surface area (Å²) in [5.41, 5.74) is -0.850. The Labute approximate surface area is 83.2 Å². The van der Waals surface area contributed by atoms with Crippen LogP contribution in [0.1, 0.15) is 26.7 Å². The van der Waals surface area contributed by atoms with Crippen molar-refractivity contribution in [1.29, 1.82) is 0 Å². The first-order valence-corrected chi connectivity index (χ1v) is 4.54. The van der Waals surface area contributed by atoms with Gasteiger partial charge in [-0.1, -0.05) is 19.9 Å². The van der Waals surface area contributed by atoms with Gasteiger partial charge in [-0.2, -0.15) is 0 Å². The molecule has 80 valence electrons. The minimum Gasteiger partial charge on any atom is -0.481 e. The minimum atomic E-state index is -1.41. The van der Waals surface area contributed by atoms with Gasteiger partial charge >= 0.3 is 11.9 Å². The summed E-state index contributed by atoms with van der Waals surface area (Å²) in [6.07, 6.45) is 2.35. The van der Waals surface area contributed by atoms with Gasteiger partial charge < -0.3 is 10.2 Å². The summed E-state index contributed by atoms with van der Waals surface area (Å²) in [5.74, 6) is -4.02. The molecule has 4 heteroatoms. The van der Waals surface area contributed by atoms with E-state index in [-0.39, 0.29) is 0 Å². The summed E-state index contributed by atoms with van der Waals surface area (Å²) in [4.78, 5) is 21.7. The van der Waals surface area contributed by atoms with Crippen LogP contribution in [0.15, 0.2) is 12.7 Å². The highest BCUT2D eigenvalue weighted by Gasteiger charge is 2.43. The first-order chi connectivity index (χ1) is 6.45. The van der Waals surface area contributed by atoms with E-state index < -0.39 is 23.3 Å². The van der Waals surface area contributed by atoms with Crippen molar-refractivity contribution in [3.8, 4) is 0 Å². The van der Waals surface area contributed by atoms with Crippen LogP contribution in [-0.2, 0) is 9.59 Å². The third kappa shape index (κ3) is 2.13. The maximum Gasteiger partial charge on any atom is 0.318 e. The molecule has 0 saturated carbocycles. The normalized spacial score (nSPS) is 11.4. The molecule has 0 aromatic heterocycles. The Morgan fingerprint density at radius 3 is 1.71 bits per heavy atom. The number of hydrogen-bond donors (Lipinski definition) is 2. The van der Waals surface area contributed by atoms with Crippen molar-refractivity contribution in [1.82, 2.24) is 0 Å². The molecule has 0 fully saturated rings. The number of carbonyl (C=O) groups is 2. The molecule has 0 spiro atoms. The second kappa shape index (κ2) is 4.79. The zero-order valence-electron chi connectivity index (χ0n) is 8.49. The molecule has 0 aromatic rings. The Kier molecular flexibility index (Phi) is 4.34. The van der Waals surface area contributed by atoms with Crippen molar-refractivity contribution in [2.24, 2.45) is 11.3 Å². The Morgan fingerprint density at radius 2 is 1.64 bits per heavy atom. The molecule has 2 N–H and O–H groups in total. The molecule has 0 atom stereocenters. The largest absolute Gasteiger partial charge is 0.481 e. The average Bonchev–Trinajstić information content (AvgIpc) is 2.12. The molecular weight excluding hydrogens is 184 g/mol. The van der Waals surface area contributed by atoms with Crippen molar-refractivity contribution in [3.05, 3.63) is 12.7 Å². The zero-order chi connectivity index (χ0) is 11.4. The van der Waals surface area contributed by atoms with Gasteiger partial charge in [0.25, 0.3) is 0 Å². The number of carboxylic acids is 2. The standard InChI is InChI=1S/C10H16O4/c1-4-10(5-2,6-3)7(8(11)12)9(13)14/h4,7H,1,5-6H2,2-3H3,(H,11,12)(H,13,14). The van der Waals surface area contributed by atoms with E-state index in [1.54, 1.807) is 13.8 Å². The van der Waals surface area contributed by atoms with Crippen molar-refractivity contribution >= 4 is 11.9 Å². The molecule has 0 unspecified atom stereocenters. The monoisotopic (exact) mass is 200 g/mol. The Hall–Kier alpha value is -1.32. The van der Waals surface area contributed by atoms with Gasteiger partial charge in [-0.15, -0.1) is 6.58 Å². The number of allylic oxidation sites excluding steroid dienone is 1. The molecular formula is C10H16O4. The molecule has 0 rings (SSSR count). The van der Waals surface area contributed by atoms with Gasteiger partial charge in [0.05, 0.1) is 0 Å². The maximum absolute atomic E-state index is 10.8. The lowest BCUT2D eigenvalue weighted by Gasteiger charge is -2.31. The van der Waals surface area contributed by atoms with Crippen LogP contribution in [0.3, 0.4) is 0 Å². The van der Waals surface area contributed by atoms with E-state index in [0.717, 1.165) is 0 Å². The van der Waals surface area contributed by atoms with Crippen molar-refractivity contribution in [3.63, 3.8) is 0 Å². The second-order valence-corrected chi connectivity index (χ2v) is 3.25. The number of rotatable bonds is 6. The lowest BCUT2D eigenvalue weighted by atomic mass is 9.71. The number of aliphatic carboxylic acids is 2. The lowest BCUT2D eigenvalue weighted by molar-refractivity contribution is -0.160. The predicted molar refractivity (Wildman–Crippen MR) is 52.0 cm³/mol. The third-order valence-corrected chi connectivity index (χ3v) is 2.79. The molecule has 0 bridgehead atoms. The third-order valence-electron chi connectivity index (χ3n) is 2.79. The molecule has 0 amide bonds. The Bertz CT molecular complexity index is 227. The van der Waals surface area contributed by atoms with E-state index >= 15 is 0 Å². The van der Waals surface area contributed by atoms with Crippen LogP contribution in [0.25, 0.3) is 0 Å². The van der Waals surface area contributed by atoms with Crippen LogP contribution < -0.4 is 0 Å². The molecule has 4 nitrogen and oxygen atoms in total. The number of carboxylic acid groups (broad SMARTS) is 2. The molecule has 0 aliphatic carbocycles. The smallest absolute Gasteiger partial charge is 0.318 e.